The maximum atomic E-state index is 13.0. The van der Waals surface area contributed by atoms with E-state index in [0.29, 0.717) is 0 Å². The van der Waals surface area contributed by atoms with Crippen LogP contribution in [-0.4, -0.2) is 37.8 Å². The third-order valence-electron chi connectivity index (χ3n) is 5.20. The molecule has 5 nitrogen and oxygen atoms in total. The van der Waals surface area contributed by atoms with Crippen molar-refractivity contribution in [1.82, 2.24) is 18.9 Å². The fourth-order valence-corrected chi connectivity index (χ4v) is 3.81. The van der Waals surface area contributed by atoms with Crippen LogP contribution in [0, 0.1) is 0 Å². The number of likely N-dealkylation sites (tertiary alicyclic amines) is 1. The molecular weight excluding hydrogens is 336 g/mol. The first-order chi connectivity index (χ1) is 13.3. The summed E-state index contributed by atoms with van der Waals surface area (Å²) >= 11 is 0. The van der Waals surface area contributed by atoms with Gasteiger partial charge in [0.1, 0.15) is 5.69 Å². The van der Waals surface area contributed by atoms with Crippen molar-refractivity contribution in [2.45, 2.75) is 12.8 Å². The number of hydrogen-bond acceptors (Lipinski definition) is 2. The molecule has 4 heterocycles. The predicted octanol–water partition coefficient (Wildman–Crippen LogP) is 4.03. The minimum atomic E-state index is 0.116. The first kappa shape index (κ1) is 15.9. The van der Waals surface area contributed by atoms with Crippen molar-refractivity contribution in [3.63, 3.8) is 0 Å². The van der Waals surface area contributed by atoms with Gasteiger partial charge in [-0.25, -0.2) is 4.98 Å². The summed E-state index contributed by atoms with van der Waals surface area (Å²) in [5.41, 5.74) is 4.52. The number of amides is 1. The van der Waals surface area contributed by atoms with Crippen molar-refractivity contribution in [1.29, 1.82) is 0 Å². The highest BCUT2D eigenvalue weighted by molar-refractivity contribution is 6.02. The number of aromatic nitrogens is 3. The summed E-state index contributed by atoms with van der Waals surface area (Å²) in [5.74, 6) is 0.116. The van der Waals surface area contributed by atoms with Crippen LogP contribution in [0.15, 0.2) is 73.3 Å². The molecule has 0 spiro atoms. The van der Waals surface area contributed by atoms with E-state index in [9.17, 15) is 4.79 Å². The van der Waals surface area contributed by atoms with Crippen LogP contribution in [0.5, 0.6) is 0 Å². The van der Waals surface area contributed by atoms with E-state index < -0.39 is 0 Å². The van der Waals surface area contributed by atoms with E-state index in [1.807, 2.05) is 82.8 Å². The SMILES string of the molecule is O=C(c1cc(-c2cn(-c3ccccc3)cn2)n2ccccc12)N1CCCC1. The molecule has 1 saturated heterocycles. The van der Waals surface area contributed by atoms with Crippen molar-refractivity contribution in [3.8, 4) is 17.1 Å². The molecule has 0 bridgehead atoms. The largest absolute Gasteiger partial charge is 0.339 e. The van der Waals surface area contributed by atoms with Crippen LogP contribution >= 0.6 is 0 Å². The number of pyridine rings is 1. The third kappa shape index (κ3) is 2.72. The van der Waals surface area contributed by atoms with Gasteiger partial charge in [0.2, 0.25) is 0 Å². The zero-order valence-corrected chi connectivity index (χ0v) is 15.0. The molecule has 3 aromatic heterocycles. The highest BCUT2D eigenvalue weighted by atomic mass is 16.2. The Hall–Kier alpha value is -3.34. The Balaban J connectivity index is 1.60. The molecule has 0 unspecified atom stereocenters. The van der Waals surface area contributed by atoms with Gasteiger partial charge >= 0.3 is 0 Å². The average Bonchev–Trinajstić information content (AvgIpc) is 3.47. The Morgan fingerprint density at radius 2 is 1.74 bits per heavy atom. The molecular formula is C22H20N4O. The van der Waals surface area contributed by atoms with E-state index >= 15 is 0 Å². The van der Waals surface area contributed by atoms with Gasteiger partial charge in [-0.3, -0.25) is 4.79 Å². The van der Waals surface area contributed by atoms with Gasteiger partial charge in [-0.1, -0.05) is 24.3 Å². The fourth-order valence-electron chi connectivity index (χ4n) is 3.81. The Labute approximate surface area is 157 Å². The first-order valence-electron chi connectivity index (χ1n) is 9.30. The maximum absolute atomic E-state index is 13.0. The lowest BCUT2D eigenvalue weighted by Crippen LogP contribution is -2.27. The van der Waals surface area contributed by atoms with Crippen LogP contribution in [0.25, 0.3) is 22.6 Å². The van der Waals surface area contributed by atoms with Gasteiger partial charge in [0.15, 0.2) is 0 Å². The normalized spacial score (nSPS) is 14.1. The molecule has 1 amide bonds. The van der Waals surface area contributed by atoms with E-state index in [2.05, 4.69) is 9.38 Å². The molecule has 1 fully saturated rings. The molecule has 1 aliphatic heterocycles. The number of imidazole rings is 1. The molecule has 0 atom stereocenters. The van der Waals surface area contributed by atoms with Crippen LogP contribution in [0.4, 0.5) is 0 Å². The van der Waals surface area contributed by atoms with E-state index in [-0.39, 0.29) is 5.91 Å². The average molecular weight is 356 g/mol. The first-order valence-corrected chi connectivity index (χ1v) is 9.30. The van der Waals surface area contributed by atoms with Gasteiger partial charge in [-0.2, -0.15) is 0 Å². The summed E-state index contributed by atoms with van der Waals surface area (Å²) < 4.78 is 4.06. The quantitative estimate of drug-likeness (QED) is 0.556. The summed E-state index contributed by atoms with van der Waals surface area (Å²) in [7, 11) is 0. The Morgan fingerprint density at radius 3 is 2.56 bits per heavy atom. The molecule has 1 aromatic carbocycles. The number of nitrogens with zero attached hydrogens (tertiary/aromatic N) is 4. The summed E-state index contributed by atoms with van der Waals surface area (Å²) in [4.78, 5) is 19.6. The Bertz CT molecular complexity index is 1100. The third-order valence-corrected chi connectivity index (χ3v) is 5.20. The lowest BCUT2D eigenvalue weighted by atomic mass is 10.2. The summed E-state index contributed by atoms with van der Waals surface area (Å²) in [5, 5.41) is 0. The van der Waals surface area contributed by atoms with Crippen LogP contribution in [-0.2, 0) is 0 Å². The number of carbonyl (C=O) groups excluding carboxylic acids is 1. The highest BCUT2D eigenvalue weighted by Gasteiger charge is 2.24. The lowest BCUT2D eigenvalue weighted by molar-refractivity contribution is 0.0795. The molecule has 0 radical (unpaired) electrons. The summed E-state index contributed by atoms with van der Waals surface area (Å²) in [6, 6.07) is 18.0. The van der Waals surface area contributed by atoms with Crippen LogP contribution in [0.2, 0.25) is 0 Å². The van der Waals surface area contributed by atoms with Crippen LogP contribution in [0.3, 0.4) is 0 Å². The smallest absolute Gasteiger partial charge is 0.256 e. The Kier molecular flexibility index (Phi) is 3.78. The van der Waals surface area contributed by atoms with E-state index in [0.717, 1.165) is 54.1 Å². The van der Waals surface area contributed by atoms with Crippen molar-refractivity contribution in [2.24, 2.45) is 0 Å². The summed E-state index contributed by atoms with van der Waals surface area (Å²) in [6.07, 6.45) is 7.99. The standard InChI is InChI=1S/C22H20N4O/c27-22(24-11-6-7-12-24)18-14-21(26-13-5-4-10-20(18)26)19-15-25(16-23-19)17-8-2-1-3-9-17/h1-5,8-10,13-16H,6-7,11-12H2. The van der Waals surface area contributed by atoms with Crippen molar-refractivity contribution in [2.75, 3.05) is 13.1 Å². The Morgan fingerprint density at radius 1 is 0.963 bits per heavy atom. The fraction of sp³-hybridized carbons (Fsp3) is 0.182. The number of hydrogen-bond donors (Lipinski definition) is 0. The minimum absolute atomic E-state index is 0.116. The van der Waals surface area contributed by atoms with Gasteiger partial charge in [-0.15, -0.1) is 0 Å². The minimum Gasteiger partial charge on any atom is -0.339 e. The number of carbonyl (C=O) groups is 1. The zero-order chi connectivity index (χ0) is 18.2. The molecule has 0 N–H and O–H groups in total. The molecule has 27 heavy (non-hydrogen) atoms. The highest BCUT2D eigenvalue weighted by Crippen LogP contribution is 2.27. The van der Waals surface area contributed by atoms with Gasteiger partial charge in [-0.05, 0) is 43.2 Å². The molecule has 4 aromatic rings. The second kappa shape index (κ2) is 6.43. The molecule has 5 heteroatoms. The van der Waals surface area contributed by atoms with Gasteiger partial charge in [0.05, 0.1) is 23.1 Å². The van der Waals surface area contributed by atoms with Crippen molar-refractivity contribution >= 4 is 11.4 Å². The van der Waals surface area contributed by atoms with Gasteiger partial charge in [0, 0.05) is 31.2 Å². The number of fused-ring (bicyclic) bond motifs is 1. The van der Waals surface area contributed by atoms with Gasteiger partial charge in [0.25, 0.3) is 5.91 Å². The molecule has 0 aliphatic carbocycles. The number of benzene rings is 1. The van der Waals surface area contributed by atoms with Crippen molar-refractivity contribution in [3.05, 3.63) is 78.9 Å². The van der Waals surface area contributed by atoms with Crippen LogP contribution < -0.4 is 0 Å². The maximum Gasteiger partial charge on any atom is 0.256 e. The molecule has 5 rings (SSSR count). The van der Waals surface area contributed by atoms with Crippen LogP contribution in [0.1, 0.15) is 23.2 Å². The second-order valence-corrected chi connectivity index (χ2v) is 6.90. The van der Waals surface area contributed by atoms with E-state index in [1.54, 1.807) is 0 Å². The molecule has 0 saturated carbocycles. The molecule has 1 aliphatic rings. The topological polar surface area (TPSA) is 42.5 Å². The lowest BCUT2D eigenvalue weighted by Gasteiger charge is -2.14. The number of rotatable bonds is 3. The van der Waals surface area contributed by atoms with Crippen molar-refractivity contribution < 1.29 is 4.79 Å². The zero-order valence-electron chi connectivity index (χ0n) is 15.0. The van der Waals surface area contributed by atoms with E-state index in [4.69, 9.17) is 0 Å². The van der Waals surface area contributed by atoms with Gasteiger partial charge < -0.3 is 13.9 Å². The van der Waals surface area contributed by atoms with E-state index in [1.165, 1.54) is 0 Å². The summed E-state index contributed by atoms with van der Waals surface area (Å²) in [6.45, 7) is 1.70. The second-order valence-electron chi connectivity index (χ2n) is 6.90. The predicted molar refractivity (Wildman–Crippen MR) is 105 cm³/mol. The monoisotopic (exact) mass is 356 g/mol. The number of para-hydroxylation sites is 1. The molecule has 134 valence electrons.